The van der Waals surface area contributed by atoms with Crippen molar-refractivity contribution in [2.75, 3.05) is 19.7 Å². The predicted molar refractivity (Wildman–Crippen MR) is 89.7 cm³/mol. The van der Waals surface area contributed by atoms with Crippen molar-refractivity contribution >= 4 is 0 Å². The van der Waals surface area contributed by atoms with Crippen molar-refractivity contribution < 1.29 is 15.3 Å². The van der Waals surface area contributed by atoms with Crippen LogP contribution in [0, 0.1) is 5.92 Å². The van der Waals surface area contributed by atoms with Gasteiger partial charge in [-0.3, -0.25) is 4.90 Å². The Morgan fingerprint density at radius 3 is 2.17 bits per heavy atom. The number of hydrogen-bond donors (Lipinski definition) is 3. The minimum Gasteiger partial charge on any atom is -0.396 e. The first-order valence-electron chi connectivity index (χ1n) is 8.01. The summed E-state index contributed by atoms with van der Waals surface area (Å²) in [5.41, 5.74) is 3.53. The standard InChI is InChI=1S/C19H23NO3/c21-13-17-11-20(12-18(22)19(17)23)10-14-6-8-16(9-7-14)15-4-2-1-3-5-15/h1-9,17-19,21-23H,10-13H2/t17-,18-,19-/m1/s1. The fourth-order valence-electron chi connectivity index (χ4n) is 3.19. The van der Waals surface area contributed by atoms with Crippen LogP contribution in [0.1, 0.15) is 5.56 Å². The molecule has 0 unspecified atom stereocenters. The summed E-state index contributed by atoms with van der Waals surface area (Å²) in [6.07, 6.45) is -1.64. The lowest BCUT2D eigenvalue weighted by Gasteiger charge is -2.38. The van der Waals surface area contributed by atoms with Gasteiger partial charge in [-0.05, 0) is 16.7 Å². The lowest BCUT2D eigenvalue weighted by Crippen LogP contribution is -2.53. The van der Waals surface area contributed by atoms with Crippen molar-refractivity contribution in [1.29, 1.82) is 0 Å². The summed E-state index contributed by atoms with van der Waals surface area (Å²) in [5.74, 6) is -0.289. The van der Waals surface area contributed by atoms with Crippen molar-refractivity contribution in [1.82, 2.24) is 4.90 Å². The van der Waals surface area contributed by atoms with Crippen molar-refractivity contribution in [3.8, 4) is 11.1 Å². The van der Waals surface area contributed by atoms with E-state index in [0.29, 0.717) is 19.6 Å². The number of rotatable bonds is 4. The van der Waals surface area contributed by atoms with Gasteiger partial charge >= 0.3 is 0 Å². The van der Waals surface area contributed by atoms with E-state index in [1.807, 2.05) is 18.2 Å². The molecule has 2 aromatic rings. The first-order chi connectivity index (χ1) is 11.2. The Morgan fingerprint density at radius 1 is 0.870 bits per heavy atom. The number of nitrogens with zero attached hydrogens (tertiary/aromatic N) is 1. The molecule has 0 amide bonds. The van der Waals surface area contributed by atoms with Crippen molar-refractivity contribution in [3.63, 3.8) is 0 Å². The van der Waals surface area contributed by atoms with E-state index in [1.54, 1.807) is 0 Å². The Kier molecular flexibility index (Phi) is 5.08. The minimum atomic E-state index is -0.836. The number of likely N-dealkylation sites (tertiary alicyclic amines) is 1. The maximum Gasteiger partial charge on any atom is 0.0929 e. The molecular formula is C19H23NO3. The van der Waals surface area contributed by atoms with E-state index in [4.69, 9.17) is 0 Å². The van der Waals surface area contributed by atoms with Crippen LogP contribution in [0.5, 0.6) is 0 Å². The smallest absolute Gasteiger partial charge is 0.0929 e. The van der Waals surface area contributed by atoms with Gasteiger partial charge in [0.25, 0.3) is 0 Å². The Bertz CT molecular complexity index is 614. The van der Waals surface area contributed by atoms with Crippen LogP contribution in [-0.2, 0) is 6.54 Å². The number of aliphatic hydroxyl groups is 3. The fourth-order valence-corrected chi connectivity index (χ4v) is 3.19. The minimum absolute atomic E-state index is 0.109. The van der Waals surface area contributed by atoms with Gasteiger partial charge in [0.05, 0.1) is 12.2 Å². The molecule has 0 spiro atoms. The molecule has 0 bridgehead atoms. The van der Waals surface area contributed by atoms with E-state index >= 15 is 0 Å². The fraction of sp³-hybridized carbons (Fsp3) is 0.368. The zero-order valence-electron chi connectivity index (χ0n) is 13.0. The Balaban J connectivity index is 1.67. The summed E-state index contributed by atoms with van der Waals surface area (Å²) in [6, 6.07) is 18.6. The second-order valence-corrected chi connectivity index (χ2v) is 6.26. The van der Waals surface area contributed by atoms with Crippen molar-refractivity contribution in [3.05, 3.63) is 60.2 Å². The molecule has 3 N–H and O–H groups in total. The normalized spacial score (nSPS) is 25.4. The zero-order valence-corrected chi connectivity index (χ0v) is 13.0. The van der Waals surface area contributed by atoms with E-state index in [1.165, 1.54) is 11.1 Å². The van der Waals surface area contributed by atoms with Crippen LogP contribution in [0.4, 0.5) is 0 Å². The molecule has 122 valence electrons. The molecule has 4 nitrogen and oxygen atoms in total. The third-order valence-electron chi connectivity index (χ3n) is 4.52. The van der Waals surface area contributed by atoms with Crippen LogP contribution in [-0.4, -0.2) is 52.1 Å². The number of piperidine rings is 1. The SMILES string of the molecule is OC[C@H]1CN(Cc2ccc(-c3ccccc3)cc2)C[C@@H](O)[C@@H]1O. The molecule has 1 fully saturated rings. The first kappa shape index (κ1) is 16.1. The number of benzene rings is 2. The van der Waals surface area contributed by atoms with Crippen LogP contribution < -0.4 is 0 Å². The molecule has 0 saturated carbocycles. The molecule has 0 aliphatic carbocycles. The molecule has 0 radical (unpaired) electrons. The summed E-state index contributed by atoms with van der Waals surface area (Å²) in [6.45, 7) is 1.62. The highest BCUT2D eigenvalue weighted by atomic mass is 16.3. The van der Waals surface area contributed by atoms with Crippen LogP contribution in [0.3, 0.4) is 0 Å². The van der Waals surface area contributed by atoms with Gasteiger partial charge in [0.15, 0.2) is 0 Å². The number of hydrogen-bond acceptors (Lipinski definition) is 4. The van der Waals surface area contributed by atoms with Crippen LogP contribution >= 0.6 is 0 Å². The summed E-state index contributed by atoms with van der Waals surface area (Å²) in [7, 11) is 0. The molecule has 3 atom stereocenters. The summed E-state index contributed by atoms with van der Waals surface area (Å²) in [5, 5.41) is 29.1. The van der Waals surface area contributed by atoms with Crippen molar-refractivity contribution in [2.45, 2.75) is 18.8 Å². The molecule has 0 aromatic heterocycles. The van der Waals surface area contributed by atoms with E-state index in [-0.39, 0.29) is 12.5 Å². The van der Waals surface area contributed by atoms with Gasteiger partial charge in [0.2, 0.25) is 0 Å². The second-order valence-electron chi connectivity index (χ2n) is 6.26. The highest BCUT2D eigenvalue weighted by Gasteiger charge is 2.33. The highest BCUT2D eigenvalue weighted by molar-refractivity contribution is 5.63. The third kappa shape index (κ3) is 3.79. The number of aliphatic hydroxyl groups excluding tert-OH is 3. The number of β-amino-alcohol motifs (C(OH)–C–C–N with tert-alkyl or cyclic N) is 1. The van der Waals surface area contributed by atoms with Gasteiger partial charge < -0.3 is 15.3 Å². The second kappa shape index (κ2) is 7.23. The van der Waals surface area contributed by atoms with E-state index in [2.05, 4.69) is 41.3 Å². The van der Waals surface area contributed by atoms with Gasteiger partial charge in [0.1, 0.15) is 0 Å². The maximum atomic E-state index is 9.92. The topological polar surface area (TPSA) is 63.9 Å². The van der Waals surface area contributed by atoms with Gasteiger partial charge in [-0.15, -0.1) is 0 Å². The molecule has 1 heterocycles. The lowest BCUT2D eigenvalue weighted by atomic mass is 9.93. The van der Waals surface area contributed by atoms with E-state index < -0.39 is 12.2 Å². The van der Waals surface area contributed by atoms with Crippen LogP contribution in [0.2, 0.25) is 0 Å². The largest absolute Gasteiger partial charge is 0.396 e. The molecule has 23 heavy (non-hydrogen) atoms. The van der Waals surface area contributed by atoms with Crippen molar-refractivity contribution in [2.24, 2.45) is 5.92 Å². The Hall–Kier alpha value is -1.72. The third-order valence-corrected chi connectivity index (χ3v) is 4.52. The van der Waals surface area contributed by atoms with Gasteiger partial charge in [-0.1, -0.05) is 54.6 Å². The molecule has 1 saturated heterocycles. The first-order valence-corrected chi connectivity index (χ1v) is 8.01. The molecule has 4 heteroatoms. The van der Waals surface area contributed by atoms with Gasteiger partial charge in [0, 0.05) is 32.2 Å². The maximum absolute atomic E-state index is 9.92. The molecule has 2 aromatic carbocycles. The summed E-state index contributed by atoms with van der Waals surface area (Å²) < 4.78 is 0. The quantitative estimate of drug-likeness (QED) is 0.800. The Labute approximate surface area is 136 Å². The van der Waals surface area contributed by atoms with Gasteiger partial charge in [-0.2, -0.15) is 0 Å². The van der Waals surface area contributed by atoms with Crippen LogP contribution in [0.25, 0.3) is 11.1 Å². The zero-order chi connectivity index (χ0) is 16.2. The summed E-state index contributed by atoms with van der Waals surface area (Å²) in [4.78, 5) is 2.08. The Morgan fingerprint density at radius 2 is 1.52 bits per heavy atom. The van der Waals surface area contributed by atoms with E-state index in [9.17, 15) is 15.3 Å². The molecule has 1 aliphatic rings. The average Bonchev–Trinajstić information content (AvgIpc) is 2.59. The van der Waals surface area contributed by atoms with Crippen LogP contribution in [0.15, 0.2) is 54.6 Å². The average molecular weight is 313 g/mol. The molecule has 1 aliphatic heterocycles. The lowest BCUT2D eigenvalue weighted by molar-refractivity contribution is -0.0879. The van der Waals surface area contributed by atoms with Gasteiger partial charge in [-0.25, -0.2) is 0 Å². The highest BCUT2D eigenvalue weighted by Crippen LogP contribution is 2.22. The molecular weight excluding hydrogens is 290 g/mol. The summed E-state index contributed by atoms with van der Waals surface area (Å²) >= 11 is 0. The monoisotopic (exact) mass is 313 g/mol. The molecule has 3 rings (SSSR count). The predicted octanol–water partition coefficient (Wildman–Crippen LogP) is 1.50. The van der Waals surface area contributed by atoms with E-state index in [0.717, 1.165) is 5.56 Å².